The summed E-state index contributed by atoms with van der Waals surface area (Å²) in [7, 11) is 0. The zero-order chi connectivity index (χ0) is 10.2. The Labute approximate surface area is 82.2 Å². The van der Waals surface area contributed by atoms with Crippen LogP contribution < -0.4 is 0 Å². The van der Waals surface area contributed by atoms with E-state index in [4.69, 9.17) is 4.42 Å². The largest absolute Gasteiger partial charge is 0.445 e. The molecule has 4 nitrogen and oxygen atoms in total. The molecule has 0 aliphatic carbocycles. The van der Waals surface area contributed by atoms with Gasteiger partial charge < -0.3 is 8.98 Å². The first-order chi connectivity index (χ1) is 6.86. The van der Waals surface area contributed by atoms with Crippen LogP contribution in [-0.4, -0.2) is 14.5 Å². The summed E-state index contributed by atoms with van der Waals surface area (Å²) in [5, 5.41) is 0. The van der Waals surface area contributed by atoms with Gasteiger partial charge in [-0.15, -0.1) is 0 Å². The Hall–Kier alpha value is -2.10. The number of hydrogen-bond donors (Lipinski definition) is 0. The van der Waals surface area contributed by atoms with Crippen molar-refractivity contribution in [3.63, 3.8) is 0 Å². The molecule has 2 aromatic rings. The second kappa shape index (κ2) is 5.53. The van der Waals surface area contributed by atoms with Gasteiger partial charge in [-0.05, 0) is 6.08 Å². The molecule has 2 aromatic heterocycles. The summed E-state index contributed by atoms with van der Waals surface area (Å²) in [6.07, 6.45) is 11.6. The van der Waals surface area contributed by atoms with E-state index in [9.17, 15) is 0 Å². The lowest BCUT2D eigenvalue weighted by Crippen LogP contribution is -1.73. The van der Waals surface area contributed by atoms with Gasteiger partial charge in [0.15, 0.2) is 0 Å². The highest BCUT2D eigenvalue weighted by molar-refractivity contribution is 5.32. The van der Waals surface area contributed by atoms with Gasteiger partial charge in [0.05, 0.1) is 12.5 Å². The Morgan fingerprint density at radius 3 is 2.50 bits per heavy atom. The van der Waals surface area contributed by atoms with Crippen LogP contribution in [0.15, 0.2) is 48.8 Å². The van der Waals surface area contributed by atoms with Crippen molar-refractivity contribution in [3.8, 4) is 0 Å². The molecule has 0 amide bonds. The Morgan fingerprint density at radius 1 is 1.36 bits per heavy atom. The number of oxazole rings is 1. The summed E-state index contributed by atoms with van der Waals surface area (Å²) < 4.78 is 6.53. The molecule has 14 heavy (non-hydrogen) atoms. The molecular formula is C10H11N3O. The fourth-order valence-corrected chi connectivity index (χ4v) is 0.713. The minimum atomic E-state index is 0.569. The quantitative estimate of drug-likeness (QED) is 0.728. The van der Waals surface area contributed by atoms with Crippen molar-refractivity contribution in [1.29, 1.82) is 0 Å². The lowest BCUT2D eigenvalue weighted by atomic mass is 10.6. The minimum absolute atomic E-state index is 0.569. The first-order valence-electron chi connectivity index (χ1n) is 3.98. The Morgan fingerprint density at radius 2 is 2.21 bits per heavy atom. The van der Waals surface area contributed by atoms with Gasteiger partial charge in [-0.25, -0.2) is 9.97 Å². The van der Waals surface area contributed by atoms with E-state index in [1.165, 1.54) is 6.26 Å². The Balaban J connectivity index is 0.000000140. The first-order valence-corrected chi connectivity index (χ1v) is 3.98. The summed E-state index contributed by atoms with van der Waals surface area (Å²) in [4.78, 5) is 7.53. The van der Waals surface area contributed by atoms with Gasteiger partial charge in [0.1, 0.15) is 6.26 Å². The van der Waals surface area contributed by atoms with E-state index in [0.29, 0.717) is 5.89 Å². The number of imidazole rings is 1. The Kier molecular flexibility index (Phi) is 3.94. The van der Waals surface area contributed by atoms with Crippen LogP contribution in [-0.2, 0) is 0 Å². The van der Waals surface area contributed by atoms with Crippen LogP contribution in [0.2, 0.25) is 0 Å². The second-order valence-electron chi connectivity index (χ2n) is 2.27. The zero-order valence-corrected chi connectivity index (χ0v) is 7.71. The summed E-state index contributed by atoms with van der Waals surface area (Å²) in [5.74, 6) is 0.569. The van der Waals surface area contributed by atoms with Crippen LogP contribution >= 0.6 is 0 Å². The van der Waals surface area contributed by atoms with E-state index >= 15 is 0 Å². The van der Waals surface area contributed by atoms with Crippen LogP contribution in [0.5, 0.6) is 0 Å². The Bertz CT molecular complexity index is 324. The topological polar surface area (TPSA) is 43.9 Å². The average Bonchev–Trinajstić information content (AvgIpc) is 2.92. The van der Waals surface area contributed by atoms with E-state index in [1.807, 2.05) is 6.20 Å². The fraction of sp³-hybridized carbons (Fsp3) is 0. The van der Waals surface area contributed by atoms with Gasteiger partial charge in [-0.1, -0.05) is 13.2 Å². The number of rotatable bonds is 2. The standard InChI is InChI=1S/C5H6N2.C5H5NO/c1-2-7-4-3-6-5-7;1-2-5-6-3-4-7-5/h2-5H,1H2;2-4H,1H2. The molecule has 2 rings (SSSR count). The number of nitrogens with zero attached hydrogens (tertiary/aromatic N) is 3. The van der Waals surface area contributed by atoms with Crippen molar-refractivity contribution in [2.45, 2.75) is 0 Å². The van der Waals surface area contributed by atoms with Gasteiger partial charge >= 0.3 is 0 Å². The van der Waals surface area contributed by atoms with Crippen LogP contribution in [0.1, 0.15) is 5.89 Å². The summed E-state index contributed by atoms with van der Waals surface area (Å²) >= 11 is 0. The first kappa shape index (κ1) is 9.98. The molecule has 0 atom stereocenters. The molecule has 0 aliphatic heterocycles. The predicted molar refractivity (Wildman–Crippen MR) is 55.2 cm³/mol. The smallest absolute Gasteiger partial charge is 0.217 e. The molecular weight excluding hydrogens is 178 g/mol. The van der Waals surface area contributed by atoms with Crippen molar-refractivity contribution in [3.05, 3.63) is 50.2 Å². The SMILES string of the molecule is C=Cc1ncco1.C=Cn1ccnc1. The monoisotopic (exact) mass is 189 g/mol. The molecule has 0 saturated heterocycles. The highest BCUT2D eigenvalue weighted by Crippen LogP contribution is 1.92. The third kappa shape index (κ3) is 3.10. The van der Waals surface area contributed by atoms with E-state index in [0.717, 1.165) is 0 Å². The molecule has 2 heterocycles. The molecule has 0 aliphatic rings. The predicted octanol–water partition coefficient (Wildman–Crippen LogP) is 2.30. The lowest BCUT2D eigenvalue weighted by Gasteiger charge is -1.80. The average molecular weight is 189 g/mol. The highest BCUT2D eigenvalue weighted by Gasteiger charge is 1.82. The van der Waals surface area contributed by atoms with E-state index < -0.39 is 0 Å². The maximum Gasteiger partial charge on any atom is 0.217 e. The molecule has 72 valence electrons. The van der Waals surface area contributed by atoms with Crippen molar-refractivity contribution in [2.75, 3.05) is 0 Å². The van der Waals surface area contributed by atoms with Crippen LogP contribution in [0.3, 0.4) is 0 Å². The molecule has 0 N–H and O–H groups in total. The van der Waals surface area contributed by atoms with Gasteiger partial charge in [0.2, 0.25) is 5.89 Å². The van der Waals surface area contributed by atoms with E-state index in [-0.39, 0.29) is 0 Å². The third-order valence-corrected chi connectivity index (χ3v) is 1.36. The molecule has 0 saturated carbocycles. The molecule has 0 unspecified atom stereocenters. The molecule has 0 fully saturated rings. The number of hydrogen-bond acceptors (Lipinski definition) is 3. The van der Waals surface area contributed by atoms with Gasteiger partial charge in [-0.3, -0.25) is 0 Å². The summed E-state index contributed by atoms with van der Waals surface area (Å²) in [5.41, 5.74) is 0. The lowest BCUT2D eigenvalue weighted by molar-refractivity contribution is 0.546. The van der Waals surface area contributed by atoms with Crippen LogP contribution in [0, 0.1) is 0 Å². The van der Waals surface area contributed by atoms with Gasteiger partial charge in [0, 0.05) is 18.6 Å². The molecule has 0 radical (unpaired) electrons. The second-order valence-corrected chi connectivity index (χ2v) is 2.27. The van der Waals surface area contributed by atoms with Crippen LogP contribution in [0.25, 0.3) is 12.3 Å². The minimum Gasteiger partial charge on any atom is -0.445 e. The molecule has 0 aromatic carbocycles. The molecule has 0 bridgehead atoms. The third-order valence-electron chi connectivity index (χ3n) is 1.36. The summed E-state index contributed by atoms with van der Waals surface area (Å²) in [6, 6.07) is 0. The maximum atomic E-state index is 4.75. The van der Waals surface area contributed by atoms with Gasteiger partial charge in [0.25, 0.3) is 0 Å². The molecule has 4 heteroatoms. The van der Waals surface area contributed by atoms with E-state index in [1.54, 1.807) is 35.6 Å². The normalized spacial score (nSPS) is 8.57. The van der Waals surface area contributed by atoms with Gasteiger partial charge in [-0.2, -0.15) is 0 Å². The van der Waals surface area contributed by atoms with Crippen LogP contribution in [0.4, 0.5) is 0 Å². The van der Waals surface area contributed by atoms with Crippen molar-refractivity contribution < 1.29 is 4.42 Å². The fourth-order valence-electron chi connectivity index (χ4n) is 0.713. The van der Waals surface area contributed by atoms with E-state index in [2.05, 4.69) is 23.1 Å². The van der Waals surface area contributed by atoms with Crippen molar-refractivity contribution >= 4 is 12.3 Å². The van der Waals surface area contributed by atoms with Crippen molar-refractivity contribution in [2.24, 2.45) is 0 Å². The highest BCUT2D eigenvalue weighted by atomic mass is 16.3. The summed E-state index contributed by atoms with van der Waals surface area (Å²) in [6.45, 7) is 6.97. The van der Waals surface area contributed by atoms with Crippen molar-refractivity contribution in [1.82, 2.24) is 14.5 Å². The molecule has 0 spiro atoms. The number of aromatic nitrogens is 3. The maximum absolute atomic E-state index is 4.75. The zero-order valence-electron chi connectivity index (χ0n) is 7.71.